The summed E-state index contributed by atoms with van der Waals surface area (Å²) in [5.74, 6) is 0.297. The number of benzene rings is 1. The van der Waals surface area contributed by atoms with E-state index in [4.69, 9.17) is 16.3 Å². The van der Waals surface area contributed by atoms with Crippen LogP contribution in [0.15, 0.2) is 29.1 Å². The van der Waals surface area contributed by atoms with Crippen LogP contribution in [0.1, 0.15) is 29.6 Å². The van der Waals surface area contributed by atoms with Gasteiger partial charge in [0.2, 0.25) is 5.56 Å². The first kappa shape index (κ1) is 15.7. The number of hydrogen-bond acceptors (Lipinski definition) is 3. The molecule has 0 aliphatic carbocycles. The third kappa shape index (κ3) is 2.82. The van der Waals surface area contributed by atoms with E-state index in [0.29, 0.717) is 40.5 Å². The van der Waals surface area contributed by atoms with Crippen molar-refractivity contribution in [3.05, 3.63) is 45.2 Å². The van der Waals surface area contributed by atoms with Crippen molar-refractivity contribution >= 4 is 28.4 Å². The summed E-state index contributed by atoms with van der Waals surface area (Å²) in [5.41, 5.74) is 0.779. The van der Waals surface area contributed by atoms with Crippen LogP contribution in [-0.4, -0.2) is 41.6 Å². The molecule has 0 unspecified atom stereocenters. The lowest BCUT2D eigenvalue weighted by molar-refractivity contribution is -0.0606. The average molecular weight is 347 g/mol. The van der Waals surface area contributed by atoms with Gasteiger partial charge in [-0.3, -0.25) is 9.59 Å². The molecule has 0 bridgehead atoms. The van der Waals surface area contributed by atoms with E-state index in [1.807, 2.05) is 4.90 Å². The third-order valence-corrected chi connectivity index (χ3v) is 5.27. The zero-order valence-electron chi connectivity index (χ0n) is 13.3. The summed E-state index contributed by atoms with van der Waals surface area (Å²) in [4.78, 5) is 29.6. The van der Waals surface area contributed by atoms with Crippen molar-refractivity contribution in [3.63, 3.8) is 0 Å². The lowest BCUT2D eigenvalue weighted by Crippen LogP contribution is -2.48. The van der Waals surface area contributed by atoms with Crippen LogP contribution in [0, 0.1) is 5.92 Å². The monoisotopic (exact) mass is 346 g/mol. The minimum atomic E-state index is -0.274. The Kier molecular flexibility index (Phi) is 4.06. The summed E-state index contributed by atoms with van der Waals surface area (Å²) in [5, 5.41) is 1.23. The third-order valence-electron chi connectivity index (χ3n) is 5.04. The van der Waals surface area contributed by atoms with Crippen molar-refractivity contribution in [2.75, 3.05) is 19.7 Å². The van der Waals surface area contributed by atoms with E-state index in [1.54, 1.807) is 18.2 Å². The van der Waals surface area contributed by atoms with Gasteiger partial charge < -0.3 is 14.6 Å². The maximum Gasteiger partial charge on any atom is 0.254 e. The Labute approximate surface area is 144 Å². The number of amides is 1. The van der Waals surface area contributed by atoms with Gasteiger partial charge in [-0.1, -0.05) is 11.6 Å². The summed E-state index contributed by atoms with van der Waals surface area (Å²) >= 11 is 6.08. The van der Waals surface area contributed by atoms with Crippen LogP contribution in [0.3, 0.4) is 0 Å². The second kappa shape index (κ2) is 6.22. The number of aromatic nitrogens is 1. The van der Waals surface area contributed by atoms with Gasteiger partial charge in [0, 0.05) is 47.6 Å². The predicted octanol–water partition coefficient (Wildman–Crippen LogP) is 2.82. The molecule has 0 spiro atoms. The summed E-state index contributed by atoms with van der Waals surface area (Å²) in [6.07, 6.45) is 3.27. The van der Waals surface area contributed by atoms with E-state index in [1.165, 1.54) is 6.07 Å². The zero-order valence-corrected chi connectivity index (χ0v) is 14.0. The Morgan fingerprint density at radius 2 is 2.17 bits per heavy atom. The molecular weight excluding hydrogens is 328 g/mol. The molecule has 126 valence electrons. The van der Waals surface area contributed by atoms with Crippen LogP contribution in [0.25, 0.3) is 10.9 Å². The Morgan fingerprint density at radius 1 is 1.29 bits per heavy atom. The zero-order chi connectivity index (χ0) is 16.7. The van der Waals surface area contributed by atoms with E-state index in [2.05, 4.69) is 4.98 Å². The molecule has 2 atom stereocenters. The van der Waals surface area contributed by atoms with Gasteiger partial charge >= 0.3 is 0 Å². The van der Waals surface area contributed by atoms with Crippen molar-refractivity contribution in [2.24, 2.45) is 5.92 Å². The molecule has 2 aliphatic heterocycles. The lowest BCUT2D eigenvalue weighted by atomic mass is 9.88. The van der Waals surface area contributed by atoms with Crippen molar-refractivity contribution < 1.29 is 9.53 Å². The summed E-state index contributed by atoms with van der Waals surface area (Å²) < 4.78 is 5.81. The van der Waals surface area contributed by atoms with E-state index < -0.39 is 0 Å². The fourth-order valence-electron chi connectivity index (χ4n) is 3.85. The molecule has 1 aromatic carbocycles. The highest BCUT2D eigenvalue weighted by Gasteiger charge is 2.34. The van der Waals surface area contributed by atoms with Crippen molar-refractivity contribution in [1.29, 1.82) is 0 Å². The van der Waals surface area contributed by atoms with Gasteiger partial charge in [-0.15, -0.1) is 0 Å². The molecular formula is C18H19ClN2O3. The Hall–Kier alpha value is -1.85. The van der Waals surface area contributed by atoms with Gasteiger partial charge in [-0.05, 0) is 37.5 Å². The SMILES string of the molecule is O=C(c1cc(=O)[nH]c2ccc(Cl)cc12)N1CC[C@@H]2OCCC[C@H]2C1. The maximum absolute atomic E-state index is 13.0. The van der Waals surface area contributed by atoms with Gasteiger partial charge in [-0.25, -0.2) is 0 Å². The average Bonchev–Trinajstić information content (AvgIpc) is 2.60. The minimum absolute atomic E-state index is 0.0996. The molecule has 1 aromatic heterocycles. The first-order valence-corrected chi connectivity index (χ1v) is 8.73. The number of aromatic amines is 1. The molecule has 5 nitrogen and oxygen atoms in total. The van der Waals surface area contributed by atoms with Gasteiger partial charge in [0.15, 0.2) is 0 Å². The van der Waals surface area contributed by atoms with Crippen LogP contribution in [0.4, 0.5) is 0 Å². The topological polar surface area (TPSA) is 62.4 Å². The van der Waals surface area contributed by atoms with Gasteiger partial charge in [0.05, 0.1) is 11.7 Å². The number of ether oxygens (including phenoxy) is 1. The van der Waals surface area contributed by atoms with E-state index in [9.17, 15) is 9.59 Å². The Bertz CT molecular complexity index is 848. The molecule has 4 rings (SSSR count). The minimum Gasteiger partial charge on any atom is -0.378 e. The molecule has 24 heavy (non-hydrogen) atoms. The fraction of sp³-hybridized carbons (Fsp3) is 0.444. The molecule has 1 N–H and O–H groups in total. The number of pyridine rings is 1. The fourth-order valence-corrected chi connectivity index (χ4v) is 4.02. The van der Waals surface area contributed by atoms with Crippen LogP contribution < -0.4 is 5.56 Å². The second-order valence-electron chi connectivity index (χ2n) is 6.59. The van der Waals surface area contributed by atoms with Crippen molar-refractivity contribution in [2.45, 2.75) is 25.4 Å². The largest absolute Gasteiger partial charge is 0.378 e. The van der Waals surface area contributed by atoms with Gasteiger partial charge in [-0.2, -0.15) is 0 Å². The van der Waals surface area contributed by atoms with Gasteiger partial charge in [0.1, 0.15) is 0 Å². The normalized spacial score (nSPS) is 24.0. The number of H-pyrrole nitrogens is 1. The number of carbonyl (C=O) groups is 1. The standard InChI is InChI=1S/C18H19ClN2O3/c19-12-3-4-15-13(8-12)14(9-17(22)20-15)18(23)21-6-5-16-11(10-21)2-1-7-24-16/h3-4,8-9,11,16H,1-2,5-7,10H2,(H,20,22)/t11-,16-/m0/s1. The van der Waals surface area contributed by atoms with Crippen LogP contribution in [-0.2, 0) is 4.74 Å². The maximum atomic E-state index is 13.0. The number of hydrogen-bond donors (Lipinski definition) is 1. The number of rotatable bonds is 1. The smallest absolute Gasteiger partial charge is 0.254 e. The molecule has 2 aromatic rings. The molecule has 2 fully saturated rings. The molecule has 0 radical (unpaired) electrons. The number of piperidine rings is 1. The molecule has 2 saturated heterocycles. The molecule has 1 amide bonds. The number of fused-ring (bicyclic) bond motifs is 2. The molecule has 3 heterocycles. The highest BCUT2D eigenvalue weighted by molar-refractivity contribution is 6.31. The lowest BCUT2D eigenvalue weighted by Gasteiger charge is -2.41. The van der Waals surface area contributed by atoms with Crippen LogP contribution in [0.5, 0.6) is 0 Å². The molecule has 6 heteroatoms. The predicted molar refractivity (Wildman–Crippen MR) is 92.6 cm³/mol. The Morgan fingerprint density at radius 3 is 3.04 bits per heavy atom. The quantitative estimate of drug-likeness (QED) is 0.863. The Balaban J connectivity index is 1.68. The first-order chi connectivity index (χ1) is 11.6. The van der Waals surface area contributed by atoms with E-state index >= 15 is 0 Å². The van der Waals surface area contributed by atoms with Crippen LogP contribution >= 0.6 is 11.6 Å². The first-order valence-electron chi connectivity index (χ1n) is 8.35. The summed E-state index contributed by atoms with van der Waals surface area (Å²) in [6, 6.07) is 6.55. The number of likely N-dealkylation sites (tertiary alicyclic amines) is 1. The van der Waals surface area contributed by atoms with Crippen molar-refractivity contribution in [3.8, 4) is 0 Å². The summed E-state index contributed by atoms with van der Waals surface area (Å²) in [7, 11) is 0. The second-order valence-corrected chi connectivity index (χ2v) is 7.02. The highest BCUT2D eigenvalue weighted by atomic mass is 35.5. The molecule has 0 saturated carbocycles. The number of nitrogens with one attached hydrogen (secondary N) is 1. The van der Waals surface area contributed by atoms with E-state index in [0.717, 1.165) is 25.9 Å². The number of nitrogens with zero attached hydrogens (tertiary/aromatic N) is 1. The van der Waals surface area contributed by atoms with E-state index in [-0.39, 0.29) is 17.6 Å². The van der Waals surface area contributed by atoms with Gasteiger partial charge in [0.25, 0.3) is 5.91 Å². The number of carbonyl (C=O) groups excluding carboxylic acids is 1. The number of halogens is 1. The van der Waals surface area contributed by atoms with Crippen LogP contribution in [0.2, 0.25) is 5.02 Å². The summed E-state index contributed by atoms with van der Waals surface area (Å²) in [6.45, 7) is 2.18. The molecule has 2 aliphatic rings. The highest BCUT2D eigenvalue weighted by Crippen LogP contribution is 2.30. The van der Waals surface area contributed by atoms with Crippen molar-refractivity contribution in [1.82, 2.24) is 9.88 Å².